The van der Waals surface area contributed by atoms with Crippen LogP contribution in [0.25, 0.3) is 0 Å². The summed E-state index contributed by atoms with van der Waals surface area (Å²) in [5.74, 6) is -0.0147. The molecular weight excluding hydrogens is 476 g/mol. The Morgan fingerprint density at radius 3 is 2.50 bits per heavy atom. The second-order valence-corrected chi connectivity index (χ2v) is 8.65. The largest absolute Gasteiger partial charge is 0.487 e. The molecule has 34 heavy (non-hydrogen) atoms. The second kappa shape index (κ2) is 10.3. The number of halogens is 3. The number of aromatic nitrogens is 2. The third kappa shape index (κ3) is 5.41. The summed E-state index contributed by atoms with van der Waals surface area (Å²) in [5, 5.41) is 8.37. The van der Waals surface area contributed by atoms with Crippen molar-refractivity contribution in [2.45, 2.75) is 27.0 Å². The van der Waals surface area contributed by atoms with Gasteiger partial charge in [-0.25, -0.2) is 4.39 Å². The highest BCUT2D eigenvalue weighted by atomic mass is 35.5. The lowest BCUT2D eigenvalue weighted by molar-refractivity contribution is 0.102. The number of ether oxygens (including phenoxy) is 1. The molecule has 0 aliphatic heterocycles. The van der Waals surface area contributed by atoms with Crippen molar-refractivity contribution in [3.63, 3.8) is 0 Å². The first kappa shape index (κ1) is 23.8. The monoisotopic (exact) mass is 497 g/mol. The number of hydrogen-bond donors (Lipinski definition) is 1. The van der Waals surface area contributed by atoms with Crippen LogP contribution in [0, 0.1) is 19.7 Å². The second-order valence-electron chi connectivity index (χ2n) is 7.81. The van der Waals surface area contributed by atoms with Crippen molar-refractivity contribution in [1.29, 1.82) is 0 Å². The van der Waals surface area contributed by atoms with Gasteiger partial charge in [-0.1, -0.05) is 53.5 Å². The standard InChI is InChI=1S/C26H22Cl2FN3O2/c1-16-25(17(2)32(31-16)14-20-5-3-4-6-23(20)29)30-26(33)19-9-7-18(8-10-19)15-34-24-12-11-21(27)13-22(24)28/h3-13H,14-15H2,1-2H3,(H,30,33). The van der Waals surface area contributed by atoms with E-state index in [0.29, 0.717) is 44.9 Å². The van der Waals surface area contributed by atoms with Gasteiger partial charge in [0.05, 0.1) is 28.6 Å². The van der Waals surface area contributed by atoms with Crippen LogP contribution in [0.1, 0.15) is 32.9 Å². The molecular formula is C26H22Cl2FN3O2. The van der Waals surface area contributed by atoms with Gasteiger partial charge in [0, 0.05) is 16.1 Å². The Morgan fingerprint density at radius 2 is 1.79 bits per heavy atom. The van der Waals surface area contributed by atoms with Gasteiger partial charge in [0.1, 0.15) is 18.2 Å². The van der Waals surface area contributed by atoms with Gasteiger partial charge >= 0.3 is 0 Å². The van der Waals surface area contributed by atoms with E-state index in [0.717, 1.165) is 11.3 Å². The van der Waals surface area contributed by atoms with Gasteiger partial charge in [0.25, 0.3) is 5.91 Å². The number of nitrogens with one attached hydrogen (secondary N) is 1. The maximum atomic E-state index is 14.0. The van der Waals surface area contributed by atoms with E-state index in [9.17, 15) is 9.18 Å². The molecule has 1 N–H and O–H groups in total. The van der Waals surface area contributed by atoms with Gasteiger partial charge in [-0.2, -0.15) is 5.10 Å². The summed E-state index contributed by atoms with van der Waals surface area (Å²) in [4.78, 5) is 12.8. The molecule has 0 aliphatic rings. The number of hydrogen-bond acceptors (Lipinski definition) is 3. The lowest BCUT2D eigenvalue weighted by Crippen LogP contribution is -2.13. The summed E-state index contributed by atoms with van der Waals surface area (Å²) < 4.78 is 21.5. The fourth-order valence-electron chi connectivity index (χ4n) is 3.51. The molecule has 4 rings (SSSR count). The van der Waals surface area contributed by atoms with Crippen LogP contribution in [0.3, 0.4) is 0 Å². The van der Waals surface area contributed by atoms with Gasteiger partial charge in [-0.15, -0.1) is 0 Å². The summed E-state index contributed by atoms with van der Waals surface area (Å²) >= 11 is 12.0. The molecule has 5 nitrogen and oxygen atoms in total. The summed E-state index contributed by atoms with van der Waals surface area (Å²) in [6, 6.07) is 18.7. The lowest BCUT2D eigenvalue weighted by atomic mass is 10.1. The number of carbonyl (C=O) groups is 1. The van der Waals surface area contributed by atoms with Crippen molar-refractivity contribution in [3.8, 4) is 5.75 Å². The first-order valence-electron chi connectivity index (χ1n) is 10.6. The Balaban J connectivity index is 1.42. The van der Waals surface area contributed by atoms with E-state index in [1.807, 2.05) is 26.0 Å². The Kier molecular flexibility index (Phi) is 7.20. The van der Waals surface area contributed by atoms with Crippen molar-refractivity contribution in [2.24, 2.45) is 0 Å². The van der Waals surface area contributed by atoms with Crippen LogP contribution in [-0.2, 0) is 13.2 Å². The van der Waals surface area contributed by atoms with E-state index in [1.165, 1.54) is 6.07 Å². The smallest absolute Gasteiger partial charge is 0.255 e. The molecule has 0 saturated carbocycles. The molecule has 3 aromatic carbocycles. The predicted octanol–water partition coefficient (Wildman–Crippen LogP) is 6.83. The molecule has 0 radical (unpaired) electrons. The molecule has 174 valence electrons. The maximum absolute atomic E-state index is 14.0. The van der Waals surface area contributed by atoms with Gasteiger partial charge in [0.2, 0.25) is 0 Å². The van der Waals surface area contributed by atoms with Crippen molar-refractivity contribution >= 4 is 34.8 Å². The number of anilines is 1. The molecule has 1 amide bonds. The van der Waals surface area contributed by atoms with E-state index < -0.39 is 0 Å². The van der Waals surface area contributed by atoms with E-state index in [1.54, 1.807) is 53.2 Å². The summed E-state index contributed by atoms with van der Waals surface area (Å²) in [7, 11) is 0. The number of amides is 1. The Labute approximate surface area is 207 Å². The van der Waals surface area contributed by atoms with E-state index >= 15 is 0 Å². The number of nitrogens with zero attached hydrogens (tertiary/aromatic N) is 2. The van der Waals surface area contributed by atoms with Crippen molar-refractivity contribution in [1.82, 2.24) is 9.78 Å². The van der Waals surface area contributed by atoms with Crippen LogP contribution in [0.2, 0.25) is 10.0 Å². The predicted molar refractivity (Wildman–Crippen MR) is 132 cm³/mol. The molecule has 0 atom stereocenters. The number of carbonyl (C=O) groups excluding carboxylic acids is 1. The van der Waals surface area contributed by atoms with Crippen LogP contribution in [-0.4, -0.2) is 15.7 Å². The molecule has 0 aliphatic carbocycles. The average Bonchev–Trinajstić information content (AvgIpc) is 3.07. The molecule has 1 heterocycles. The fourth-order valence-corrected chi connectivity index (χ4v) is 3.97. The third-order valence-electron chi connectivity index (χ3n) is 5.40. The zero-order valence-corrected chi connectivity index (χ0v) is 20.1. The van der Waals surface area contributed by atoms with Gasteiger partial charge in [0.15, 0.2) is 0 Å². The van der Waals surface area contributed by atoms with Gasteiger partial charge < -0.3 is 10.1 Å². The highest BCUT2D eigenvalue weighted by molar-refractivity contribution is 6.35. The lowest BCUT2D eigenvalue weighted by Gasteiger charge is -2.10. The molecule has 0 spiro atoms. The topological polar surface area (TPSA) is 56.2 Å². The minimum atomic E-state index is -0.289. The normalized spacial score (nSPS) is 10.9. The number of aryl methyl sites for hydroxylation is 1. The van der Waals surface area contributed by atoms with Gasteiger partial charge in [-0.3, -0.25) is 9.48 Å². The summed E-state index contributed by atoms with van der Waals surface area (Å²) in [6.07, 6.45) is 0. The van der Waals surface area contributed by atoms with Gasteiger partial charge in [-0.05, 0) is 55.8 Å². The zero-order valence-electron chi connectivity index (χ0n) is 18.6. The molecule has 4 aromatic rings. The summed E-state index contributed by atoms with van der Waals surface area (Å²) in [6.45, 7) is 4.23. The summed E-state index contributed by atoms with van der Waals surface area (Å²) in [5.41, 5.74) is 3.93. The Morgan fingerprint density at radius 1 is 1.06 bits per heavy atom. The van der Waals surface area contributed by atoms with Crippen molar-refractivity contribution in [3.05, 3.63) is 111 Å². The van der Waals surface area contributed by atoms with Crippen molar-refractivity contribution in [2.75, 3.05) is 5.32 Å². The van der Waals surface area contributed by atoms with Crippen LogP contribution < -0.4 is 10.1 Å². The maximum Gasteiger partial charge on any atom is 0.255 e. The molecule has 0 saturated heterocycles. The van der Waals surface area contributed by atoms with Crippen LogP contribution in [0.5, 0.6) is 5.75 Å². The first-order chi connectivity index (χ1) is 16.3. The Bertz CT molecular complexity index is 1340. The molecule has 1 aromatic heterocycles. The average molecular weight is 498 g/mol. The minimum Gasteiger partial charge on any atom is -0.487 e. The molecule has 8 heteroatoms. The molecule has 0 fully saturated rings. The first-order valence-corrected chi connectivity index (χ1v) is 11.3. The number of benzene rings is 3. The van der Waals surface area contributed by atoms with E-state index in [-0.39, 0.29) is 18.3 Å². The van der Waals surface area contributed by atoms with Crippen LogP contribution in [0.4, 0.5) is 10.1 Å². The van der Waals surface area contributed by atoms with Crippen LogP contribution in [0.15, 0.2) is 66.7 Å². The van der Waals surface area contributed by atoms with E-state index in [2.05, 4.69) is 10.4 Å². The highest BCUT2D eigenvalue weighted by Crippen LogP contribution is 2.28. The van der Waals surface area contributed by atoms with E-state index in [4.69, 9.17) is 27.9 Å². The van der Waals surface area contributed by atoms with Crippen molar-refractivity contribution < 1.29 is 13.9 Å². The fraction of sp³-hybridized carbons (Fsp3) is 0.154. The quantitative estimate of drug-likeness (QED) is 0.304. The highest BCUT2D eigenvalue weighted by Gasteiger charge is 2.16. The molecule has 0 bridgehead atoms. The zero-order chi connectivity index (χ0) is 24.2. The minimum absolute atomic E-state index is 0.259. The number of rotatable bonds is 7. The molecule has 0 unspecified atom stereocenters. The Hall–Kier alpha value is -3.35. The third-order valence-corrected chi connectivity index (χ3v) is 5.93. The van der Waals surface area contributed by atoms with Crippen LogP contribution >= 0.6 is 23.2 Å². The SMILES string of the molecule is Cc1nn(Cc2ccccc2F)c(C)c1NC(=O)c1ccc(COc2ccc(Cl)cc2Cl)cc1.